The Morgan fingerprint density at radius 3 is 2.50 bits per heavy atom. The number of alkyl halides is 1. The summed E-state index contributed by atoms with van der Waals surface area (Å²) in [6, 6.07) is 11.0. The zero-order chi connectivity index (χ0) is 14.8. The van der Waals surface area contributed by atoms with Crippen LogP contribution in [-0.4, -0.2) is 15.0 Å². The van der Waals surface area contributed by atoms with E-state index in [0.717, 1.165) is 16.9 Å². The lowest BCUT2D eigenvalue weighted by Gasteiger charge is -2.11. The number of rotatable bonds is 5. The predicted molar refractivity (Wildman–Crippen MR) is 90.3 cm³/mol. The van der Waals surface area contributed by atoms with Crippen molar-refractivity contribution in [1.29, 1.82) is 0 Å². The fourth-order valence-corrected chi connectivity index (χ4v) is 5.66. The SMILES string of the molecule is O=S(=O)(NCC(Br)c1ccccc1)c1cc(Cl)c(Br)s1. The van der Waals surface area contributed by atoms with Gasteiger partial charge >= 0.3 is 0 Å². The maximum absolute atomic E-state index is 12.1. The first-order chi connectivity index (χ1) is 9.40. The molecule has 1 heterocycles. The number of sulfonamides is 1. The molecule has 0 spiro atoms. The fourth-order valence-electron chi connectivity index (χ4n) is 1.49. The number of nitrogens with one attached hydrogen (secondary N) is 1. The molecule has 0 aliphatic carbocycles. The molecule has 1 aromatic carbocycles. The van der Waals surface area contributed by atoms with Crippen LogP contribution in [0.5, 0.6) is 0 Å². The van der Waals surface area contributed by atoms with Crippen LogP contribution in [0.15, 0.2) is 44.4 Å². The highest BCUT2D eigenvalue weighted by Gasteiger charge is 2.20. The number of thiophene rings is 1. The molecule has 0 radical (unpaired) electrons. The lowest BCUT2D eigenvalue weighted by Crippen LogP contribution is -2.26. The molecular weight excluding hydrogens is 450 g/mol. The molecule has 2 aromatic rings. The normalized spacial score (nSPS) is 13.3. The second-order valence-corrected chi connectivity index (χ2v) is 9.79. The lowest BCUT2D eigenvalue weighted by molar-refractivity contribution is 0.583. The summed E-state index contributed by atoms with van der Waals surface area (Å²) in [5, 5.41) is 0.397. The van der Waals surface area contributed by atoms with Crippen LogP contribution in [0.1, 0.15) is 10.4 Å². The van der Waals surface area contributed by atoms with E-state index in [0.29, 0.717) is 8.81 Å². The van der Waals surface area contributed by atoms with Gasteiger partial charge in [0.25, 0.3) is 0 Å². The lowest BCUT2D eigenvalue weighted by atomic mass is 10.2. The second kappa shape index (κ2) is 6.89. The van der Waals surface area contributed by atoms with E-state index in [4.69, 9.17) is 11.6 Å². The van der Waals surface area contributed by atoms with Gasteiger partial charge in [0.05, 0.1) is 13.6 Å². The van der Waals surface area contributed by atoms with Crippen LogP contribution in [-0.2, 0) is 10.0 Å². The highest BCUT2D eigenvalue weighted by molar-refractivity contribution is 9.11. The molecule has 1 atom stereocenters. The van der Waals surface area contributed by atoms with Crippen molar-refractivity contribution in [2.75, 3.05) is 6.54 Å². The number of hydrogen-bond donors (Lipinski definition) is 1. The Morgan fingerprint density at radius 1 is 1.30 bits per heavy atom. The van der Waals surface area contributed by atoms with Gasteiger partial charge in [0.2, 0.25) is 10.0 Å². The minimum absolute atomic E-state index is 0.0858. The summed E-state index contributed by atoms with van der Waals surface area (Å²) in [5.41, 5.74) is 1.01. The second-order valence-electron chi connectivity index (χ2n) is 3.92. The molecule has 20 heavy (non-hydrogen) atoms. The summed E-state index contributed by atoms with van der Waals surface area (Å²) >= 11 is 13.6. The van der Waals surface area contributed by atoms with E-state index in [9.17, 15) is 8.42 Å². The minimum atomic E-state index is -3.54. The van der Waals surface area contributed by atoms with E-state index in [-0.39, 0.29) is 15.6 Å². The van der Waals surface area contributed by atoms with Crippen molar-refractivity contribution in [3.8, 4) is 0 Å². The van der Waals surface area contributed by atoms with Gasteiger partial charge in [0.15, 0.2) is 0 Å². The van der Waals surface area contributed by atoms with Crippen molar-refractivity contribution < 1.29 is 8.42 Å². The summed E-state index contributed by atoms with van der Waals surface area (Å²) in [6.45, 7) is 0.263. The van der Waals surface area contributed by atoms with E-state index in [2.05, 4.69) is 36.6 Å². The van der Waals surface area contributed by atoms with Gasteiger partial charge in [-0.1, -0.05) is 57.9 Å². The van der Waals surface area contributed by atoms with Crippen molar-refractivity contribution in [3.05, 3.63) is 50.8 Å². The first-order valence-corrected chi connectivity index (χ1v) is 9.92. The Hall–Kier alpha value is 0.0800. The summed E-state index contributed by atoms with van der Waals surface area (Å²) in [6.07, 6.45) is 0. The van der Waals surface area contributed by atoms with Crippen LogP contribution >= 0.6 is 54.8 Å². The van der Waals surface area contributed by atoms with Crippen LogP contribution in [0.3, 0.4) is 0 Å². The van der Waals surface area contributed by atoms with Crippen LogP contribution in [0.25, 0.3) is 0 Å². The van der Waals surface area contributed by atoms with E-state index in [1.807, 2.05) is 30.3 Å². The first-order valence-electron chi connectivity index (χ1n) is 5.53. The molecule has 0 bridgehead atoms. The molecule has 108 valence electrons. The largest absolute Gasteiger partial charge is 0.250 e. The smallest absolute Gasteiger partial charge is 0.209 e. The Morgan fingerprint density at radius 2 is 1.95 bits per heavy atom. The number of benzene rings is 1. The maximum atomic E-state index is 12.1. The van der Waals surface area contributed by atoms with E-state index in [1.165, 1.54) is 6.07 Å². The molecule has 0 aliphatic rings. The third-order valence-corrected chi connectivity index (χ3v) is 7.73. The third kappa shape index (κ3) is 4.05. The van der Waals surface area contributed by atoms with Crippen molar-refractivity contribution in [2.24, 2.45) is 0 Å². The van der Waals surface area contributed by atoms with Gasteiger partial charge < -0.3 is 0 Å². The Bertz CT molecular complexity index is 669. The molecule has 1 aromatic heterocycles. The van der Waals surface area contributed by atoms with Crippen LogP contribution in [0, 0.1) is 0 Å². The van der Waals surface area contributed by atoms with Crippen molar-refractivity contribution in [3.63, 3.8) is 0 Å². The fraction of sp³-hybridized carbons (Fsp3) is 0.167. The standard InChI is InChI=1S/C12H10Br2ClNO2S2/c13-9(8-4-2-1-3-5-8)7-16-20(17,18)11-6-10(15)12(14)19-11/h1-6,9,16H,7H2. The highest BCUT2D eigenvalue weighted by Crippen LogP contribution is 2.34. The van der Waals surface area contributed by atoms with Crippen molar-refractivity contribution >= 4 is 64.8 Å². The molecule has 2 rings (SSSR count). The Balaban J connectivity index is 2.06. The van der Waals surface area contributed by atoms with Crippen molar-refractivity contribution in [2.45, 2.75) is 9.04 Å². The summed E-state index contributed by atoms with van der Waals surface area (Å²) in [7, 11) is -3.54. The summed E-state index contributed by atoms with van der Waals surface area (Å²) < 4.78 is 27.6. The Kier molecular flexibility index (Phi) is 5.67. The van der Waals surface area contributed by atoms with Gasteiger partial charge in [-0.2, -0.15) is 0 Å². The summed E-state index contributed by atoms with van der Waals surface area (Å²) in [5.74, 6) is 0. The molecule has 3 nitrogen and oxygen atoms in total. The Labute approximate surface area is 143 Å². The van der Waals surface area contributed by atoms with Gasteiger partial charge in [-0.3, -0.25) is 0 Å². The average Bonchev–Trinajstić information content (AvgIpc) is 2.78. The molecule has 0 amide bonds. The quantitative estimate of drug-likeness (QED) is 0.666. The van der Waals surface area contributed by atoms with Gasteiger partial charge in [-0.15, -0.1) is 11.3 Å². The molecular formula is C12H10Br2ClNO2S2. The molecule has 0 fully saturated rings. The third-order valence-electron chi connectivity index (χ3n) is 2.50. The molecule has 0 saturated heterocycles. The van der Waals surface area contributed by atoms with E-state index in [1.54, 1.807) is 0 Å². The number of halogens is 3. The van der Waals surface area contributed by atoms with Crippen LogP contribution in [0.4, 0.5) is 0 Å². The van der Waals surface area contributed by atoms with E-state index < -0.39 is 10.0 Å². The first kappa shape index (κ1) is 16.5. The molecule has 1 unspecified atom stereocenters. The molecule has 8 heteroatoms. The zero-order valence-electron chi connectivity index (χ0n) is 10.0. The number of hydrogen-bond acceptors (Lipinski definition) is 3. The van der Waals surface area contributed by atoms with Crippen molar-refractivity contribution in [1.82, 2.24) is 4.72 Å². The minimum Gasteiger partial charge on any atom is -0.209 e. The van der Waals surface area contributed by atoms with Crippen LogP contribution in [0.2, 0.25) is 5.02 Å². The summed E-state index contributed by atoms with van der Waals surface area (Å²) in [4.78, 5) is -0.0858. The maximum Gasteiger partial charge on any atom is 0.250 e. The van der Waals surface area contributed by atoms with E-state index >= 15 is 0 Å². The van der Waals surface area contributed by atoms with Gasteiger partial charge in [-0.05, 0) is 27.6 Å². The highest BCUT2D eigenvalue weighted by atomic mass is 79.9. The average molecular weight is 460 g/mol. The molecule has 0 saturated carbocycles. The topological polar surface area (TPSA) is 46.2 Å². The monoisotopic (exact) mass is 457 g/mol. The predicted octanol–water partition coefficient (Wildman–Crippen LogP) is 4.58. The van der Waals surface area contributed by atoms with Gasteiger partial charge in [-0.25, -0.2) is 13.1 Å². The molecule has 1 N–H and O–H groups in total. The molecule has 0 aliphatic heterocycles. The van der Waals surface area contributed by atoms with Crippen LogP contribution < -0.4 is 4.72 Å². The zero-order valence-corrected chi connectivity index (χ0v) is 15.6. The van der Waals surface area contributed by atoms with Gasteiger partial charge in [0.1, 0.15) is 4.21 Å². The van der Waals surface area contributed by atoms with Gasteiger partial charge in [0, 0.05) is 6.54 Å².